The Hall–Kier alpha value is -2.54. The van der Waals surface area contributed by atoms with Crippen LogP contribution in [-0.4, -0.2) is 6.61 Å². The lowest BCUT2D eigenvalue weighted by Crippen LogP contribution is -1.99. The predicted molar refractivity (Wildman–Crippen MR) is 105 cm³/mol. The van der Waals surface area contributed by atoms with Crippen LogP contribution in [0.3, 0.4) is 0 Å². The van der Waals surface area contributed by atoms with E-state index in [0.29, 0.717) is 6.61 Å². The van der Waals surface area contributed by atoms with Crippen LogP contribution in [0.2, 0.25) is 0 Å². The van der Waals surface area contributed by atoms with Crippen molar-refractivity contribution in [3.63, 3.8) is 0 Å². The summed E-state index contributed by atoms with van der Waals surface area (Å²) in [7, 11) is 0. The molecule has 0 atom stereocenters. The largest absolute Gasteiger partial charge is 0.494 e. The Bertz CT molecular complexity index is 701. The van der Waals surface area contributed by atoms with Crippen molar-refractivity contribution in [2.24, 2.45) is 0 Å². The second-order valence-electron chi connectivity index (χ2n) is 6.30. The molecule has 0 saturated carbocycles. The Morgan fingerprint density at radius 3 is 1.44 bits per heavy atom. The zero-order valence-corrected chi connectivity index (χ0v) is 14.7. The van der Waals surface area contributed by atoms with Crippen molar-refractivity contribution in [1.82, 2.24) is 0 Å². The molecule has 0 bridgehead atoms. The van der Waals surface area contributed by atoms with Gasteiger partial charge in [-0.3, -0.25) is 0 Å². The lowest BCUT2D eigenvalue weighted by molar-refractivity contribution is 0.360. The van der Waals surface area contributed by atoms with Gasteiger partial charge >= 0.3 is 0 Å². The van der Waals surface area contributed by atoms with E-state index in [0.717, 1.165) is 31.4 Å². The van der Waals surface area contributed by atoms with Gasteiger partial charge in [0.2, 0.25) is 0 Å². The maximum Gasteiger partial charge on any atom is 0.119 e. The maximum absolute atomic E-state index is 5.68. The lowest BCUT2D eigenvalue weighted by atomic mass is 9.99. The Labute approximate surface area is 151 Å². The molecule has 0 spiro atoms. The third kappa shape index (κ3) is 5.49. The number of hydrogen-bond acceptors (Lipinski definition) is 1. The normalized spacial score (nSPS) is 10.6. The summed E-state index contributed by atoms with van der Waals surface area (Å²) >= 11 is 0. The molecule has 1 radical (unpaired) electrons. The van der Waals surface area contributed by atoms with Gasteiger partial charge in [0.1, 0.15) is 5.75 Å². The molecule has 0 aromatic heterocycles. The molecule has 1 heteroatoms. The van der Waals surface area contributed by atoms with Crippen LogP contribution >= 0.6 is 0 Å². The monoisotopic (exact) mass is 329 g/mol. The van der Waals surface area contributed by atoms with Crippen LogP contribution in [0.5, 0.6) is 5.75 Å². The summed E-state index contributed by atoms with van der Waals surface area (Å²) < 4.78 is 5.68. The van der Waals surface area contributed by atoms with E-state index < -0.39 is 0 Å². The molecule has 0 heterocycles. The summed E-state index contributed by atoms with van der Waals surface area (Å²) in [4.78, 5) is 0. The highest BCUT2D eigenvalue weighted by Crippen LogP contribution is 2.20. The van der Waals surface area contributed by atoms with E-state index in [4.69, 9.17) is 4.74 Å². The van der Waals surface area contributed by atoms with Crippen molar-refractivity contribution >= 4 is 0 Å². The standard InChI is InChI=1S/C24H25O/c1-2-25-24-18-22(15-13-20-9-5-3-6-10-20)17-23(19-24)16-14-21-11-7-4-8-12-21/h3-12,17-19H,1-2,13-16H2. The number of aryl methyl sites for hydroxylation is 4. The van der Waals surface area contributed by atoms with Gasteiger partial charge in [-0.1, -0.05) is 66.7 Å². The van der Waals surface area contributed by atoms with Gasteiger partial charge in [-0.2, -0.15) is 0 Å². The fourth-order valence-electron chi connectivity index (χ4n) is 3.09. The first-order valence-electron chi connectivity index (χ1n) is 8.96. The Morgan fingerprint density at radius 2 is 1.00 bits per heavy atom. The number of ether oxygens (including phenoxy) is 1. The van der Waals surface area contributed by atoms with E-state index in [2.05, 4.69) is 85.8 Å². The van der Waals surface area contributed by atoms with Crippen molar-refractivity contribution in [3.8, 4) is 5.75 Å². The van der Waals surface area contributed by atoms with Crippen molar-refractivity contribution in [1.29, 1.82) is 0 Å². The summed E-state index contributed by atoms with van der Waals surface area (Å²) in [5.41, 5.74) is 5.41. The molecular formula is C24H25O. The average Bonchev–Trinajstić information content (AvgIpc) is 2.67. The molecule has 0 N–H and O–H groups in total. The molecule has 0 amide bonds. The first-order chi connectivity index (χ1) is 12.3. The van der Waals surface area contributed by atoms with Crippen LogP contribution in [0, 0.1) is 6.92 Å². The van der Waals surface area contributed by atoms with Gasteiger partial charge in [0.05, 0.1) is 6.61 Å². The molecular weight excluding hydrogens is 304 g/mol. The molecule has 3 rings (SSSR count). The minimum absolute atomic E-state index is 0.459. The molecule has 25 heavy (non-hydrogen) atoms. The van der Waals surface area contributed by atoms with Gasteiger partial charge in [0.15, 0.2) is 0 Å². The molecule has 0 aliphatic rings. The van der Waals surface area contributed by atoms with Gasteiger partial charge in [0, 0.05) is 0 Å². The van der Waals surface area contributed by atoms with Gasteiger partial charge in [0.25, 0.3) is 0 Å². The average molecular weight is 329 g/mol. The van der Waals surface area contributed by atoms with Crippen LogP contribution in [0.25, 0.3) is 0 Å². The number of hydrogen-bond donors (Lipinski definition) is 0. The highest BCUT2D eigenvalue weighted by atomic mass is 16.5. The second kappa shape index (κ2) is 9.08. The van der Waals surface area contributed by atoms with Gasteiger partial charge in [-0.15, -0.1) is 0 Å². The van der Waals surface area contributed by atoms with E-state index in [-0.39, 0.29) is 0 Å². The van der Waals surface area contributed by atoms with Crippen LogP contribution in [0.4, 0.5) is 0 Å². The van der Waals surface area contributed by atoms with E-state index in [1.165, 1.54) is 22.3 Å². The number of benzene rings is 3. The minimum Gasteiger partial charge on any atom is -0.494 e. The molecule has 0 fully saturated rings. The Balaban J connectivity index is 1.70. The summed E-state index contributed by atoms with van der Waals surface area (Å²) in [6.45, 7) is 4.26. The second-order valence-corrected chi connectivity index (χ2v) is 6.30. The van der Waals surface area contributed by atoms with Crippen LogP contribution in [0.1, 0.15) is 22.3 Å². The summed E-state index contributed by atoms with van der Waals surface area (Å²) in [6.07, 6.45) is 4.15. The molecule has 0 aliphatic heterocycles. The van der Waals surface area contributed by atoms with E-state index in [9.17, 15) is 0 Å². The topological polar surface area (TPSA) is 9.23 Å². The van der Waals surface area contributed by atoms with Crippen molar-refractivity contribution < 1.29 is 4.74 Å². The SMILES string of the molecule is [CH2]COc1cc(CCc2ccccc2)cc(CCc2ccccc2)c1. The Kier molecular flexibility index (Phi) is 6.28. The molecule has 127 valence electrons. The quantitative estimate of drug-likeness (QED) is 0.532. The zero-order chi connectivity index (χ0) is 17.3. The fraction of sp³-hybridized carbons (Fsp3) is 0.208. The van der Waals surface area contributed by atoms with Crippen molar-refractivity contribution in [2.45, 2.75) is 25.7 Å². The van der Waals surface area contributed by atoms with Crippen LogP contribution < -0.4 is 4.74 Å². The predicted octanol–water partition coefficient (Wildman–Crippen LogP) is 5.47. The molecule has 0 aliphatic carbocycles. The van der Waals surface area contributed by atoms with E-state index >= 15 is 0 Å². The lowest BCUT2D eigenvalue weighted by Gasteiger charge is -2.11. The minimum atomic E-state index is 0.459. The molecule has 3 aromatic rings. The van der Waals surface area contributed by atoms with E-state index in [1.807, 2.05) is 0 Å². The van der Waals surface area contributed by atoms with Gasteiger partial charge < -0.3 is 4.74 Å². The smallest absolute Gasteiger partial charge is 0.119 e. The highest BCUT2D eigenvalue weighted by molar-refractivity contribution is 5.36. The molecule has 0 unspecified atom stereocenters. The van der Waals surface area contributed by atoms with Gasteiger partial charge in [-0.25, -0.2) is 0 Å². The zero-order valence-electron chi connectivity index (χ0n) is 14.7. The third-order valence-electron chi connectivity index (χ3n) is 4.39. The van der Waals surface area contributed by atoms with Crippen LogP contribution in [0.15, 0.2) is 78.9 Å². The van der Waals surface area contributed by atoms with E-state index in [1.54, 1.807) is 0 Å². The van der Waals surface area contributed by atoms with Gasteiger partial charge in [-0.05, 0) is 67.0 Å². The van der Waals surface area contributed by atoms with Crippen LogP contribution in [-0.2, 0) is 25.7 Å². The number of rotatable bonds is 8. The first-order valence-corrected chi connectivity index (χ1v) is 8.96. The summed E-state index contributed by atoms with van der Waals surface area (Å²) in [5, 5.41) is 0. The first kappa shape index (κ1) is 17.3. The highest BCUT2D eigenvalue weighted by Gasteiger charge is 2.04. The maximum atomic E-state index is 5.68. The summed E-state index contributed by atoms with van der Waals surface area (Å²) in [5.74, 6) is 0.934. The fourth-order valence-corrected chi connectivity index (χ4v) is 3.09. The Morgan fingerprint density at radius 1 is 0.560 bits per heavy atom. The molecule has 0 saturated heterocycles. The third-order valence-corrected chi connectivity index (χ3v) is 4.39. The van der Waals surface area contributed by atoms with Crippen molar-refractivity contribution in [2.75, 3.05) is 6.61 Å². The molecule has 3 aromatic carbocycles. The van der Waals surface area contributed by atoms with Crippen molar-refractivity contribution in [3.05, 3.63) is 108 Å². The summed E-state index contributed by atoms with van der Waals surface area (Å²) in [6, 6.07) is 27.9. The molecule has 1 nitrogen and oxygen atoms in total.